The molecule has 2 heterocycles. The van der Waals surface area contributed by atoms with Crippen molar-refractivity contribution in [2.45, 2.75) is 19.1 Å². The average Bonchev–Trinajstić information content (AvgIpc) is 2.45. The number of alkyl halides is 3. The van der Waals surface area contributed by atoms with Crippen LogP contribution in [0.5, 0.6) is 0 Å². The number of benzene rings is 1. The molecule has 2 aromatic rings. The fraction of sp³-hybridized carbons (Fsp3) is 0.286. The molecule has 21 heavy (non-hydrogen) atoms. The Bertz CT molecular complexity index is 686. The lowest BCUT2D eigenvalue weighted by atomic mass is 10.0. The van der Waals surface area contributed by atoms with Crippen molar-refractivity contribution in [1.29, 1.82) is 0 Å². The summed E-state index contributed by atoms with van der Waals surface area (Å²) in [6.45, 7) is 0.795. The number of nitrogens with zero attached hydrogens (tertiary/aromatic N) is 2. The van der Waals surface area contributed by atoms with Gasteiger partial charge in [-0.15, -0.1) is 0 Å². The molecule has 1 aliphatic heterocycles. The number of aromatic nitrogens is 2. The first-order valence-corrected chi connectivity index (χ1v) is 6.77. The largest absolute Gasteiger partial charge is 0.433 e. The van der Waals surface area contributed by atoms with Crippen LogP contribution in [0.25, 0.3) is 11.4 Å². The number of rotatable bonds is 1. The van der Waals surface area contributed by atoms with Crippen molar-refractivity contribution in [3.63, 3.8) is 0 Å². The zero-order chi connectivity index (χ0) is 15.0. The van der Waals surface area contributed by atoms with E-state index in [0.717, 1.165) is 0 Å². The monoisotopic (exact) mass is 313 g/mol. The molecule has 0 amide bonds. The second-order valence-corrected chi connectivity index (χ2v) is 5.13. The van der Waals surface area contributed by atoms with Gasteiger partial charge in [-0.1, -0.05) is 23.7 Å². The fourth-order valence-electron chi connectivity index (χ4n) is 2.36. The summed E-state index contributed by atoms with van der Waals surface area (Å²) in [6, 6.07) is 6.61. The third kappa shape index (κ3) is 2.73. The number of hydrogen-bond acceptors (Lipinski definition) is 3. The molecule has 3 rings (SSSR count). The summed E-state index contributed by atoms with van der Waals surface area (Å²) in [7, 11) is 0. The molecule has 0 bridgehead atoms. The molecule has 1 N–H and O–H groups in total. The van der Waals surface area contributed by atoms with Crippen molar-refractivity contribution in [3.05, 3.63) is 46.2 Å². The molecule has 0 saturated carbocycles. The van der Waals surface area contributed by atoms with Gasteiger partial charge in [-0.25, -0.2) is 9.97 Å². The predicted octanol–water partition coefficient (Wildman–Crippen LogP) is 3.46. The Hall–Kier alpha value is -1.66. The quantitative estimate of drug-likeness (QED) is 0.876. The number of halogens is 4. The van der Waals surface area contributed by atoms with Crippen LogP contribution >= 0.6 is 11.6 Å². The maximum Gasteiger partial charge on any atom is 0.433 e. The molecule has 3 nitrogen and oxygen atoms in total. The van der Waals surface area contributed by atoms with Crippen LogP contribution in [0, 0.1) is 0 Å². The Morgan fingerprint density at radius 3 is 2.62 bits per heavy atom. The maximum atomic E-state index is 13.2. The lowest BCUT2D eigenvalue weighted by Crippen LogP contribution is -2.28. The molecular formula is C14H11ClF3N3. The number of fused-ring (bicyclic) bond motifs is 1. The summed E-state index contributed by atoms with van der Waals surface area (Å²) in [4.78, 5) is 8.00. The van der Waals surface area contributed by atoms with Crippen LogP contribution < -0.4 is 5.32 Å². The molecule has 0 radical (unpaired) electrons. The van der Waals surface area contributed by atoms with Crippen molar-refractivity contribution < 1.29 is 13.2 Å². The topological polar surface area (TPSA) is 37.8 Å². The van der Waals surface area contributed by atoms with E-state index in [-0.39, 0.29) is 17.8 Å². The van der Waals surface area contributed by atoms with E-state index in [0.29, 0.717) is 29.4 Å². The van der Waals surface area contributed by atoms with Crippen molar-refractivity contribution in [2.24, 2.45) is 0 Å². The zero-order valence-corrected chi connectivity index (χ0v) is 11.6. The van der Waals surface area contributed by atoms with Crippen molar-refractivity contribution >= 4 is 11.6 Å². The Morgan fingerprint density at radius 2 is 1.90 bits per heavy atom. The Morgan fingerprint density at radius 1 is 1.14 bits per heavy atom. The first kappa shape index (κ1) is 14.3. The summed E-state index contributed by atoms with van der Waals surface area (Å²) in [6.07, 6.45) is -4.23. The average molecular weight is 314 g/mol. The zero-order valence-electron chi connectivity index (χ0n) is 10.8. The van der Waals surface area contributed by atoms with E-state index >= 15 is 0 Å². The van der Waals surface area contributed by atoms with Gasteiger partial charge in [0.05, 0.1) is 10.7 Å². The Kier molecular flexibility index (Phi) is 3.59. The molecule has 1 aliphatic rings. The molecule has 1 aromatic carbocycles. The number of hydrogen-bond donors (Lipinski definition) is 1. The van der Waals surface area contributed by atoms with E-state index < -0.39 is 11.9 Å². The molecule has 0 spiro atoms. The lowest BCUT2D eigenvalue weighted by molar-refractivity contribution is -0.142. The van der Waals surface area contributed by atoms with Gasteiger partial charge in [0.2, 0.25) is 0 Å². The normalized spacial score (nSPS) is 14.9. The highest BCUT2D eigenvalue weighted by Gasteiger charge is 2.38. The third-order valence-corrected chi connectivity index (χ3v) is 3.65. The van der Waals surface area contributed by atoms with Crippen molar-refractivity contribution in [2.75, 3.05) is 6.54 Å². The van der Waals surface area contributed by atoms with Crippen LogP contribution in [0.4, 0.5) is 13.2 Å². The second kappa shape index (κ2) is 5.27. The van der Waals surface area contributed by atoms with Crippen LogP contribution in [-0.2, 0) is 19.1 Å². The Balaban J connectivity index is 2.22. The standard InChI is InChI=1S/C14H11ClF3N3/c15-10-4-2-1-3-8(10)13-20-11-7-19-6-5-9(11)12(21-13)14(16,17)18/h1-4,19H,5-7H2. The molecule has 0 unspecified atom stereocenters. The van der Waals surface area contributed by atoms with Gasteiger partial charge in [-0.05, 0) is 25.1 Å². The van der Waals surface area contributed by atoms with Gasteiger partial charge in [0, 0.05) is 17.7 Å². The first-order valence-electron chi connectivity index (χ1n) is 6.39. The van der Waals surface area contributed by atoms with E-state index in [1.165, 1.54) is 0 Å². The minimum Gasteiger partial charge on any atom is -0.311 e. The molecule has 0 atom stereocenters. The third-order valence-electron chi connectivity index (χ3n) is 3.32. The highest BCUT2D eigenvalue weighted by molar-refractivity contribution is 6.33. The van der Waals surface area contributed by atoms with Gasteiger partial charge in [0.1, 0.15) is 0 Å². The number of nitrogens with one attached hydrogen (secondary N) is 1. The summed E-state index contributed by atoms with van der Waals surface area (Å²) in [5.74, 6) is 0.00961. The molecular weight excluding hydrogens is 303 g/mol. The first-order chi connectivity index (χ1) is 9.97. The van der Waals surface area contributed by atoms with Crippen molar-refractivity contribution in [1.82, 2.24) is 15.3 Å². The summed E-state index contributed by atoms with van der Waals surface area (Å²) < 4.78 is 39.7. The highest BCUT2D eigenvalue weighted by Crippen LogP contribution is 2.35. The van der Waals surface area contributed by atoms with Gasteiger partial charge in [0.15, 0.2) is 11.5 Å². The minimum absolute atomic E-state index is 0.00961. The van der Waals surface area contributed by atoms with E-state index in [9.17, 15) is 13.2 Å². The van der Waals surface area contributed by atoms with E-state index in [1.807, 2.05) is 0 Å². The Labute approximate surface area is 124 Å². The predicted molar refractivity (Wildman–Crippen MR) is 72.9 cm³/mol. The summed E-state index contributed by atoms with van der Waals surface area (Å²) in [5.41, 5.74) is 0.109. The minimum atomic E-state index is -4.50. The van der Waals surface area contributed by atoms with Gasteiger partial charge in [-0.2, -0.15) is 13.2 Å². The maximum absolute atomic E-state index is 13.2. The van der Waals surface area contributed by atoms with Gasteiger partial charge in [0.25, 0.3) is 0 Å². The lowest BCUT2D eigenvalue weighted by Gasteiger charge is -2.21. The second-order valence-electron chi connectivity index (χ2n) is 4.73. The van der Waals surface area contributed by atoms with Crippen LogP contribution in [0.3, 0.4) is 0 Å². The van der Waals surface area contributed by atoms with Crippen LogP contribution in [-0.4, -0.2) is 16.5 Å². The molecule has 1 aromatic heterocycles. The molecule has 110 valence electrons. The van der Waals surface area contributed by atoms with Gasteiger partial charge in [-0.3, -0.25) is 0 Å². The van der Waals surface area contributed by atoms with Gasteiger partial charge >= 0.3 is 6.18 Å². The summed E-state index contributed by atoms with van der Waals surface area (Å²) in [5, 5.41) is 3.35. The highest BCUT2D eigenvalue weighted by atomic mass is 35.5. The van der Waals surface area contributed by atoms with E-state index in [2.05, 4.69) is 15.3 Å². The smallest absolute Gasteiger partial charge is 0.311 e. The SMILES string of the molecule is FC(F)(F)c1nc(-c2ccccc2Cl)nc2c1CCNC2. The molecule has 0 saturated heterocycles. The van der Waals surface area contributed by atoms with Crippen LogP contribution in [0.2, 0.25) is 5.02 Å². The van der Waals surface area contributed by atoms with Crippen LogP contribution in [0.15, 0.2) is 24.3 Å². The van der Waals surface area contributed by atoms with Crippen molar-refractivity contribution in [3.8, 4) is 11.4 Å². The fourth-order valence-corrected chi connectivity index (χ4v) is 2.58. The summed E-state index contributed by atoms with van der Waals surface area (Å²) >= 11 is 6.03. The molecule has 0 fully saturated rings. The van der Waals surface area contributed by atoms with Gasteiger partial charge < -0.3 is 5.32 Å². The van der Waals surface area contributed by atoms with E-state index in [1.54, 1.807) is 24.3 Å². The molecule has 7 heteroatoms. The van der Waals surface area contributed by atoms with E-state index in [4.69, 9.17) is 11.6 Å². The molecule has 0 aliphatic carbocycles. The van der Waals surface area contributed by atoms with Crippen LogP contribution in [0.1, 0.15) is 17.0 Å².